The summed E-state index contributed by atoms with van der Waals surface area (Å²) in [5, 5.41) is 3.10. The monoisotopic (exact) mass is 262 g/mol. The fraction of sp³-hybridized carbons (Fsp3) is 0.273. The number of thiocarbonyl (C=S) groups is 1. The van der Waals surface area contributed by atoms with Crippen molar-refractivity contribution in [2.75, 3.05) is 5.32 Å². The number of aryl methyl sites for hydroxylation is 2. The van der Waals surface area contributed by atoms with E-state index in [-0.39, 0.29) is 4.99 Å². The average Bonchev–Trinajstić information content (AvgIpc) is 2.71. The first-order valence-corrected chi connectivity index (χ1v) is 5.82. The molecule has 7 heteroatoms. The molecule has 3 N–H and O–H groups in total. The van der Waals surface area contributed by atoms with Crippen LogP contribution in [0.5, 0.6) is 0 Å². The molecule has 0 fully saturated rings. The summed E-state index contributed by atoms with van der Waals surface area (Å²) >= 11 is 4.91. The fourth-order valence-corrected chi connectivity index (χ4v) is 1.60. The van der Waals surface area contributed by atoms with E-state index in [1.165, 1.54) is 0 Å². The van der Waals surface area contributed by atoms with Crippen molar-refractivity contribution in [2.24, 2.45) is 12.8 Å². The summed E-state index contributed by atoms with van der Waals surface area (Å²) in [6.45, 7) is 2.42. The molecule has 94 valence electrons. The van der Waals surface area contributed by atoms with E-state index in [9.17, 15) is 0 Å². The Labute approximate surface area is 110 Å². The second kappa shape index (κ2) is 5.09. The molecule has 2 heterocycles. The van der Waals surface area contributed by atoms with Crippen LogP contribution in [0.25, 0.3) is 0 Å². The van der Waals surface area contributed by atoms with Crippen LogP contribution >= 0.6 is 12.2 Å². The summed E-state index contributed by atoms with van der Waals surface area (Å²) in [5.74, 6) is 1.40. The molecule has 0 atom stereocenters. The molecule has 0 aliphatic heterocycles. The largest absolute Gasteiger partial charge is 0.388 e. The summed E-state index contributed by atoms with van der Waals surface area (Å²) in [5.41, 5.74) is 6.95. The molecular formula is C11H14N6S. The molecule has 18 heavy (non-hydrogen) atoms. The molecule has 0 unspecified atom stereocenters. The lowest BCUT2D eigenvalue weighted by Gasteiger charge is -2.07. The minimum absolute atomic E-state index is 0.264. The van der Waals surface area contributed by atoms with Crippen LogP contribution in [0.15, 0.2) is 18.5 Å². The van der Waals surface area contributed by atoms with E-state index in [4.69, 9.17) is 18.0 Å². The maximum absolute atomic E-state index is 5.56. The third-order valence-corrected chi connectivity index (χ3v) is 2.64. The van der Waals surface area contributed by atoms with Gasteiger partial charge in [0.15, 0.2) is 0 Å². The lowest BCUT2D eigenvalue weighted by Crippen LogP contribution is -2.15. The van der Waals surface area contributed by atoms with Gasteiger partial charge in [-0.3, -0.25) is 0 Å². The Morgan fingerprint density at radius 3 is 2.89 bits per heavy atom. The summed E-state index contributed by atoms with van der Waals surface area (Å²) in [6.07, 6.45) is 3.63. The minimum Gasteiger partial charge on any atom is -0.388 e. The summed E-state index contributed by atoms with van der Waals surface area (Å²) in [4.78, 5) is 13.0. The molecule has 0 saturated heterocycles. The molecule has 0 saturated carbocycles. The maximum atomic E-state index is 5.56. The van der Waals surface area contributed by atoms with E-state index >= 15 is 0 Å². The first-order valence-electron chi connectivity index (χ1n) is 5.42. The summed E-state index contributed by atoms with van der Waals surface area (Å²) in [7, 11) is 1.93. The number of nitrogens with two attached hydrogens (primary N) is 1. The number of rotatable bonds is 4. The molecule has 0 bridgehead atoms. The molecule has 2 aromatic rings. The molecule has 0 radical (unpaired) electrons. The van der Waals surface area contributed by atoms with Crippen LogP contribution < -0.4 is 11.1 Å². The zero-order chi connectivity index (χ0) is 13.1. The highest BCUT2D eigenvalue weighted by molar-refractivity contribution is 7.80. The van der Waals surface area contributed by atoms with Crippen molar-refractivity contribution in [3.05, 3.63) is 35.7 Å². The van der Waals surface area contributed by atoms with Crippen molar-refractivity contribution in [1.82, 2.24) is 19.5 Å². The molecule has 0 aromatic carbocycles. The Morgan fingerprint density at radius 1 is 1.50 bits per heavy atom. The van der Waals surface area contributed by atoms with E-state index in [1.807, 2.05) is 24.7 Å². The van der Waals surface area contributed by atoms with E-state index in [0.29, 0.717) is 18.2 Å². The van der Waals surface area contributed by atoms with Gasteiger partial charge in [-0.15, -0.1) is 0 Å². The maximum Gasteiger partial charge on any atom is 0.223 e. The van der Waals surface area contributed by atoms with Gasteiger partial charge in [0.05, 0.1) is 6.54 Å². The van der Waals surface area contributed by atoms with Crippen molar-refractivity contribution >= 4 is 23.2 Å². The van der Waals surface area contributed by atoms with E-state index in [2.05, 4.69) is 20.3 Å². The molecule has 0 aliphatic carbocycles. The lowest BCUT2D eigenvalue weighted by atomic mass is 10.3. The third-order valence-electron chi connectivity index (χ3n) is 2.43. The first kappa shape index (κ1) is 12.4. The van der Waals surface area contributed by atoms with Crippen molar-refractivity contribution in [2.45, 2.75) is 13.5 Å². The van der Waals surface area contributed by atoms with Gasteiger partial charge in [0, 0.05) is 25.1 Å². The van der Waals surface area contributed by atoms with Crippen LogP contribution in [0.3, 0.4) is 0 Å². The van der Waals surface area contributed by atoms with Crippen molar-refractivity contribution in [3.63, 3.8) is 0 Å². The Hall–Kier alpha value is -2.02. The lowest BCUT2D eigenvalue weighted by molar-refractivity contribution is 0.807. The predicted molar refractivity (Wildman–Crippen MR) is 73.2 cm³/mol. The Kier molecular flexibility index (Phi) is 3.52. The van der Waals surface area contributed by atoms with Gasteiger partial charge >= 0.3 is 0 Å². The van der Waals surface area contributed by atoms with Crippen LogP contribution in [-0.2, 0) is 13.6 Å². The van der Waals surface area contributed by atoms with Crippen LogP contribution in [-0.4, -0.2) is 24.5 Å². The van der Waals surface area contributed by atoms with Gasteiger partial charge in [-0.05, 0) is 13.0 Å². The highest BCUT2D eigenvalue weighted by Crippen LogP contribution is 2.06. The van der Waals surface area contributed by atoms with E-state index < -0.39 is 0 Å². The van der Waals surface area contributed by atoms with Gasteiger partial charge in [0.1, 0.15) is 16.5 Å². The topological polar surface area (TPSA) is 81.6 Å². The van der Waals surface area contributed by atoms with Gasteiger partial charge in [-0.2, -0.15) is 0 Å². The predicted octanol–water partition coefficient (Wildman–Crippen LogP) is 0.765. The number of imidazole rings is 1. The van der Waals surface area contributed by atoms with Crippen LogP contribution in [0.4, 0.5) is 5.95 Å². The zero-order valence-corrected chi connectivity index (χ0v) is 11.0. The average molecular weight is 262 g/mol. The third kappa shape index (κ3) is 2.80. The molecule has 2 aromatic heterocycles. The van der Waals surface area contributed by atoms with Crippen LogP contribution in [0, 0.1) is 6.92 Å². The number of nitrogens with one attached hydrogen (secondary N) is 1. The quantitative estimate of drug-likeness (QED) is 0.792. The van der Waals surface area contributed by atoms with Gasteiger partial charge in [0.25, 0.3) is 0 Å². The molecule has 0 amide bonds. The number of anilines is 1. The molecule has 0 aliphatic rings. The molecule has 2 rings (SSSR count). The van der Waals surface area contributed by atoms with Crippen LogP contribution in [0.1, 0.15) is 17.2 Å². The smallest absolute Gasteiger partial charge is 0.223 e. The Bertz CT molecular complexity index is 577. The Morgan fingerprint density at radius 2 is 2.28 bits per heavy atom. The highest BCUT2D eigenvalue weighted by atomic mass is 32.1. The van der Waals surface area contributed by atoms with Gasteiger partial charge in [0.2, 0.25) is 5.95 Å². The number of hydrogen-bond donors (Lipinski definition) is 2. The number of hydrogen-bond acceptors (Lipinski definition) is 5. The summed E-state index contributed by atoms with van der Waals surface area (Å²) < 4.78 is 1.93. The van der Waals surface area contributed by atoms with Crippen LogP contribution in [0.2, 0.25) is 0 Å². The van der Waals surface area contributed by atoms with Crippen molar-refractivity contribution in [3.8, 4) is 0 Å². The van der Waals surface area contributed by atoms with E-state index in [0.717, 1.165) is 11.5 Å². The molecule has 6 nitrogen and oxygen atoms in total. The zero-order valence-electron chi connectivity index (χ0n) is 10.2. The minimum atomic E-state index is 0.264. The second-order valence-electron chi connectivity index (χ2n) is 3.89. The van der Waals surface area contributed by atoms with Crippen molar-refractivity contribution in [1.29, 1.82) is 0 Å². The SMILES string of the molecule is Cc1cc(C(N)=S)nc(NCc2nccn2C)n1. The molecule has 0 spiro atoms. The second-order valence-corrected chi connectivity index (χ2v) is 4.33. The van der Waals surface area contributed by atoms with Gasteiger partial charge in [-0.1, -0.05) is 12.2 Å². The Balaban J connectivity index is 2.14. The molecular weight excluding hydrogens is 248 g/mol. The number of nitrogens with zero attached hydrogens (tertiary/aromatic N) is 4. The fourth-order valence-electron chi connectivity index (χ4n) is 1.50. The normalized spacial score (nSPS) is 10.3. The number of aromatic nitrogens is 4. The van der Waals surface area contributed by atoms with Gasteiger partial charge < -0.3 is 15.6 Å². The van der Waals surface area contributed by atoms with Crippen molar-refractivity contribution < 1.29 is 0 Å². The van der Waals surface area contributed by atoms with E-state index in [1.54, 1.807) is 12.3 Å². The van der Waals surface area contributed by atoms with Gasteiger partial charge in [-0.25, -0.2) is 15.0 Å². The standard InChI is InChI=1S/C11H14N6S/c1-7-5-8(10(12)18)16-11(15-7)14-6-9-13-3-4-17(9)2/h3-5H,6H2,1-2H3,(H2,12,18)(H,14,15,16). The first-order chi connectivity index (χ1) is 8.56. The highest BCUT2D eigenvalue weighted by Gasteiger charge is 2.05. The summed E-state index contributed by atoms with van der Waals surface area (Å²) in [6, 6.07) is 1.76.